The van der Waals surface area contributed by atoms with E-state index in [0.29, 0.717) is 25.2 Å². The van der Waals surface area contributed by atoms with Crippen LogP contribution in [0.3, 0.4) is 0 Å². The van der Waals surface area contributed by atoms with E-state index in [2.05, 4.69) is 17.2 Å². The van der Waals surface area contributed by atoms with Crippen LogP contribution in [0.25, 0.3) is 0 Å². The van der Waals surface area contributed by atoms with Crippen molar-refractivity contribution in [3.05, 3.63) is 23.5 Å². The Balaban J connectivity index is 1.69. The number of β-amino-alcohol motifs (C(OH)–C–C–N with tert-alkyl or cyclic N) is 1. The zero-order valence-electron chi connectivity index (χ0n) is 15.6. The van der Waals surface area contributed by atoms with Crippen LogP contribution < -0.4 is 0 Å². The summed E-state index contributed by atoms with van der Waals surface area (Å²) in [6.07, 6.45) is 9.38. The van der Waals surface area contributed by atoms with Gasteiger partial charge in [0.05, 0.1) is 12.7 Å². The van der Waals surface area contributed by atoms with Gasteiger partial charge in [-0.3, -0.25) is 4.79 Å². The Labute approximate surface area is 149 Å². The molecule has 2 aliphatic rings. The van der Waals surface area contributed by atoms with Gasteiger partial charge in [0.25, 0.3) is 0 Å². The molecule has 2 fully saturated rings. The molecule has 0 unspecified atom stereocenters. The van der Waals surface area contributed by atoms with Crippen molar-refractivity contribution in [2.45, 2.75) is 70.9 Å². The van der Waals surface area contributed by atoms with Crippen molar-refractivity contribution in [2.24, 2.45) is 5.92 Å². The van der Waals surface area contributed by atoms with E-state index in [4.69, 9.17) is 0 Å². The van der Waals surface area contributed by atoms with Gasteiger partial charge in [-0.25, -0.2) is 4.68 Å². The zero-order chi connectivity index (χ0) is 18.0. The molecule has 1 saturated carbocycles. The van der Waals surface area contributed by atoms with Crippen LogP contribution in [-0.2, 0) is 10.4 Å². The van der Waals surface area contributed by atoms with Crippen LogP contribution in [0.5, 0.6) is 0 Å². The molecule has 2 heterocycles. The van der Waals surface area contributed by atoms with Gasteiger partial charge in [-0.2, -0.15) is 0 Å². The molecular formula is C19H30N4O2. The molecule has 1 aromatic heterocycles. The maximum absolute atomic E-state index is 12.7. The molecule has 0 bridgehead atoms. The van der Waals surface area contributed by atoms with Crippen LogP contribution in [0.2, 0.25) is 0 Å². The van der Waals surface area contributed by atoms with Gasteiger partial charge in [-0.05, 0) is 58.3 Å². The fourth-order valence-electron chi connectivity index (χ4n) is 3.72. The third-order valence-corrected chi connectivity index (χ3v) is 5.54. The lowest BCUT2D eigenvalue weighted by molar-refractivity contribution is -0.134. The van der Waals surface area contributed by atoms with Crippen molar-refractivity contribution >= 4 is 5.91 Å². The zero-order valence-corrected chi connectivity index (χ0v) is 15.6. The molecule has 1 atom stereocenters. The van der Waals surface area contributed by atoms with Gasteiger partial charge < -0.3 is 10.0 Å². The normalized spacial score (nSPS) is 27.6. The Kier molecular flexibility index (Phi) is 5.27. The quantitative estimate of drug-likeness (QED) is 0.854. The lowest BCUT2D eigenvalue weighted by Crippen LogP contribution is -2.48. The molecule has 1 N–H and O–H groups in total. The first-order chi connectivity index (χ1) is 11.9. The topological polar surface area (TPSA) is 71.2 Å². The average molecular weight is 346 g/mol. The molecule has 6 nitrogen and oxygen atoms in total. The Morgan fingerprint density at radius 1 is 1.40 bits per heavy atom. The van der Waals surface area contributed by atoms with E-state index < -0.39 is 5.60 Å². The molecule has 0 aromatic carbocycles. The van der Waals surface area contributed by atoms with Crippen LogP contribution >= 0.6 is 0 Å². The number of piperidine rings is 1. The summed E-state index contributed by atoms with van der Waals surface area (Å²) in [7, 11) is 0. The third-order valence-electron chi connectivity index (χ3n) is 5.54. The molecule has 1 aliphatic heterocycles. The third kappa shape index (κ3) is 4.11. The number of carbonyl (C=O) groups is 1. The molecule has 0 spiro atoms. The molecular weight excluding hydrogens is 316 g/mol. The lowest BCUT2D eigenvalue weighted by atomic mass is 9.86. The Bertz CT molecular complexity index is 642. The number of nitrogens with zero attached hydrogens (tertiary/aromatic N) is 4. The van der Waals surface area contributed by atoms with Crippen LogP contribution in [0.15, 0.2) is 17.8 Å². The molecule has 6 heteroatoms. The van der Waals surface area contributed by atoms with Crippen molar-refractivity contribution in [3.63, 3.8) is 0 Å². The van der Waals surface area contributed by atoms with Gasteiger partial charge >= 0.3 is 0 Å². The maximum atomic E-state index is 12.7. The van der Waals surface area contributed by atoms with Crippen molar-refractivity contribution in [1.82, 2.24) is 19.9 Å². The predicted octanol–water partition coefficient (Wildman–Crippen LogP) is 2.81. The summed E-state index contributed by atoms with van der Waals surface area (Å²) in [5, 5.41) is 19.3. The number of likely N-dealkylation sites (tertiary alicyclic amines) is 1. The Morgan fingerprint density at radius 2 is 2.12 bits per heavy atom. The highest BCUT2D eigenvalue weighted by molar-refractivity contribution is 5.88. The van der Waals surface area contributed by atoms with Crippen molar-refractivity contribution in [2.75, 3.05) is 13.1 Å². The first kappa shape index (κ1) is 18.1. The monoisotopic (exact) mass is 346 g/mol. The number of hydrogen-bond acceptors (Lipinski definition) is 4. The van der Waals surface area contributed by atoms with E-state index in [1.54, 1.807) is 15.8 Å². The molecule has 1 saturated heterocycles. The van der Waals surface area contributed by atoms with Gasteiger partial charge in [0.1, 0.15) is 11.3 Å². The first-order valence-electron chi connectivity index (χ1n) is 9.50. The Morgan fingerprint density at radius 3 is 2.76 bits per heavy atom. The van der Waals surface area contributed by atoms with Crippen LogP contribution in [0, 0.1) is 5.92 Å². The van der Waals surface area contributed by atoms with Crippen LogP contribution in [0.4, 0.5) is 0 Å². The summed E-state index contributed by atoms with van der Waals surface area (Å²) in [5.74, 6) is 0.787. The molecule has 25 heavy (non-hydrogen) atoms. The number of hydrogen-bond donors (Lipinski definition) is 1. The van der Waals surface area contributed by atoms with Gasteiger partial charge in [0, 0.05) is 18.7 Å². The molecule has 3 rings (SSSR count). The van der Waals surface area contributed by atoms with Gasteiger partial charge in [0.2, 0.25) is 5.91 Å². The van der Waals surface area contributed by atoms with E-state index in [9.17, 15) is 9.90 Å². The van der Waals surface area contributed by atoms with Gasteiger partial charge in [-0.1, -0.05) is 17.7 Å². The van der Waals surface area contributed by atoms with Crippen LogP contribution in [-0.4, -0.2) is 44.0 Å². The first-order valence-corrected chi connectivity index (χ1v) is 9.50. The highest BCUT2D eigenvalue weighted by atomic mass is 16.3. The molecule has 0 radical (unpaired) electrons. The van der Waals surface area contributed by atoms with E-state index in [1.807, 2.05) is 19.9 Å². The predicted molar refractivity (Wildman–Crippen MR) is 95.8 cm³/mol. The van der Waals surface area contributed by atoms with Crippen molar-refractivity contribution < 1.29 is 9.90 Å². The number of carbonyl (C=O) groups excluding carboxylic acids is 1. The fourth-order valence-corrected chi connectivity index (χ4v) is 3.72. The SMILES string of the molecule is CC1CCC(=CC(=O)N2CCC[C@@](O)(c3cn(C(C)C)nn3)C2)CC1. The molecule has 1 amide bonds. The van der Waals surface area contributed by atoms with Crippen LogP contribution in [0.1, 0.15) is 71.0 Å². The Hall–Kier alpha value is -1.69. The van der Waals surface area contributed by atoms with E-state index in [0.717, 1.165) is 25.2 Å². The van der Waals surface area contributed by atoms with Crippen molar-refractivity contribution in [3.8, 4) is 0 Å². The highest BCUT2D eigenvalue weighted by Gasteiger charge is 2.39. The van der Waals surface area contributed by atoms with Gasteiger partial charge in [-0.15, -0.1) is 5.10 Å². The second kappa shape index (κ2) is 7.28. The summed E-state index contributed by atoms with van der Waals surface area (Å²) >= 11 is 0. The molecule has 1 aromatic rings. The number of amides is 1. The molecule has 138 valence electrons. The summed E-state index contributed by atoms with van der Waals surface area (Å²) in [4.78, 5) is 14.4. The minimum atomic E-state index is -1.10. The van der Waals surface area contributed by atoms with E-state index in [-0.39, 0.29) is 11.9 Å². The number of aromatic nitrogens is 3. The van der Waals surface area contributed by atoms with Crippen molar-refractivity contribution in [1.29, 1.82) is 0 Å². The molecule has 1 aliphatic carbocycles. The summed E-state index contributed by atoms with van der Waals surface area (Å²) in [5.41, 5.74) is 0.724. The lowest BCUT2D eigenvalue weighted by Gasteiger charge is -2.37. The smallest absolute Gasteiger partial charge is 0.246 e. The number of allylic oxidation sites excluding steroid dienone is 1. The number of rotatable bonds is 3. The second-order valence-corrected chi connectivity index (χ2v) is 8.06. The standard InChI is InChI=1S/C19H30N4O2/c1-14(2)23-12-17(20-21-23)19(25)9-4-10-22(13-19)18(24)11-16-7-5-15(3)6-8-16/h11-12,14-15,25H,4-10,13H2,1-3H3/t15?,19-/m0/s1. The number of aliphatic hydroxyl groups is 1. The summed E-state index contributed by atoms with van der Waals surface area (Å²) in [6.45, 7) is 7.31. The summed E-state index contributed by atoms with van der Waals surface area (Å²) in [6, 6.07) is 0.199. The van der Waals surface area contributed by atoms with E-state index in [1.165, 1.54) is 18.4 Å². The average Bonchev–Trinajstić information content (AvgIpc) is 3.08. The fraction of sp³-hybridized carbons (Fsp3) is 0.737. The van der Waals surface area contributed by atoms with E-state index >= 15 is 0 Å². The maximum Gasteiger partial charge on any atom is 0.246 e. The highest BCUT2D eigenvalue weighted by Crippen LogP contribution is 2.32. The largest absolute Gasteiger partial charge is 0.382 e. The minimum Gasteiger partial charge on any atom is -0.382 e. The second-order valence-electron chi connectivity index (χ2n) is 8.06. The van der Waals surface area contributed by atoms with Gasteiger partial charge in [0.15, 0.2) is 0 Å². The minimum absolute atomic E-state index is 0.0268. The summed E-state index contributed by atoms with van der Waals surface area (Å²) < 4.78 is 1.75.